The molecular formula is C14H19N5O2. The average molecular weight is 289 g/mol. The molecule has 0 aromatic carbocycles. The van der Waals surface area contributed by atoms with Gasteiger partial charge in [-0.05, 0) is 25.0 Å². The first-order chi connectivity index (χ1) is 10.2. The largest absolute Gasteiger partial charge is 0.455 e. The summed E-state index contributed by atoms with van der Waals surface area (Å²) in [6.07, 6.45) is 3.66. The van der Waals surface area contributed by atoms with E-state index < -0.39 is 0 Å². The summed E-state index contributed by atoms with van der Waals surface area (Å²) in [5.41, 5.74) is 5.51. The van der Waals surface area contributed by atoms with Crippen molar-refractivity contribution in [3.05, 3.63) is 35.8 Å². The number of aromatic nitrogens is 3. The van der Waals surface area contributed by atoms with Crippen LogP contribution in [0.3, 0.4) is 0 Å². The molecule has 0 bridgehead atoms. The Kier molecular flexibility index (Phi) is 3.74. The van der Waals surface area contributed by atoms with Crippen molar-refractivity contribution in [3.63, 3.8) is 0 Å². The van der Waals surface area contributed by atoms with Gasteiger partial charge in [0.2, 0.25) is 0 Å². The fourth-order valence-corrected chi connectivity index (χ4v) is 2.79. The molecule has 3 heterocycles. The van der Waals surface area contributed by atoms with E-state index in [1.807, 2.05) is 16.5 Å². The molecule has 1 aliphatic rings. The van der Waals surface area contributed by atoms with Crippen LogP contribution in [-0.4, -0.2) is 38.7 Å². The molecular weight excluding hydrogens is 270 g/mol. The molecule has 0 spiro atoms. The summed E-state index contributed by atoms with van der Waals surface area (Å²) >= 11 is 0. The third kappa shape index (κ3) is 2.69. The molecule has 7 heteroatoms. The molecule has 1 aliphatic heterocycles. The molecule has 1 amide bonds. The molecule has 2 aromatic rings. The van der Waals surface area contributed by atoms with E-state index in [2.05, 4.69) is 10.2 Å². The summed E-state index contributed by atoms with van der Waals surface area (Å²) in [6, 6.07) is 3.44. The van der Waals surface area contributed by atoms with Crippen LogP contribution < -0.4 is 5.73 Å². The molecule has 1 saturated heterocycles. The maximum Gasteiger partial charge on any atom is 0.289 e. The Morgan fingerprint density at radius 1 is 1.52 bits per heavy atom. The summed E-state index contributed by atoms with van der Waals surface area (Å²) < 4.78 is 7.36. The van der Waals surface area contributed by atoms with Crippen LogP contribution in [-0.2, 0) is 13.6 Å². The van der Waals surface area contributed by atoms with E-state index in [-0.39, 0.29) is 11.8 Å². The number of amides is 1. The van der Waals surface area contributed by atoms with Crippen LogP contribution in [0.15, 0.2) is 22.9 Å². The molecule has 1 fully saturated rings. The van der Waals surface area contributed by atoms with Crippen molar-refractivity contribution in [2.24, 2.45) is 12.8 Å². The SMILES string of the molecule is Cn1cnnc1C1CCCN(C(=O)c2ccc(CN)o2)C1. The summed E-state index contributed by atoms with van der Waals surface area (Å²) in [5.74, 6) is 2.05. The third-order valence-electron chi connectivity index (χ3n) is 3.89. The van der Waals surface area contributed by atoms with E-state index in [0.717, 1.165) is 25.2 Å². The topological polar surface area (TPSA) is 90.2 Å². The zero-order chi connectivity index (χ0) is 14.8. The van der Waals surface area contributed by atoms with Crippen molar-refractivity contribution in [3.8, 4) is 0 Å². The first-order valence-corrected chi connectivity index (χ1v) is 7.11. The standard InChI is InChI=1S/C14H19N5O2/c1-18-9-16-17-13(18)10-3-2-6-19(8-10)14(20)12-5-4-11(7-15)21-12/h4-5,9-10H,2-3,6-8,15H2,1H3. The van der Waals surface area contributed by atoms with Gasteiger partial charge in [-0.15, -0.1) is 10.2 Å². The molecule has 3 rings (SSSR count). The number of furan rings is 1. The van der Waals surface area contributed by atoms with Crippen molar-refractivity contribution in [1.29, 1.82) is 0 Å². The highest BCUT2D eigenvalue weighted by atomic mass is 16.4. The minimum absolute atomic E-state index is 0.0819. The first kappa shape index (κ1) is 13.8. The molecule has 2 aromatic heterocycles. The first-order valence-electron chi connectivity index (χ1n) is 7.11. The van der Waals surface area contributed by atoms with Gasteiger partial charge in [0.15, 0.2) is 5.76 Å². The Morgan fingerprint density at radius 3 is 3.05 bits per heavy atom. The van der Waals surface area contributed by atoms with E-state index in [1.54, 1.807) is 18.5 Å². The Labute approximate surface area is 122 Å². The van der Waals surface area contributed by atoms with Gasteiger partial charge in [0, 0.05) is 26.1 Å². The highest BCUT2D eigenvalue weighted by molar-refractivity contribution is 5.91. The Bertz CT molecular complexity index is 633. The van der Waals surface area contributed by atoms with Crippen LogP contribution in [0.4, 0.5) is 0 Å². The number of hydrogen-bond donors (Lipinski definition) is 1. The van der Waals surface area contributed by atoms with E-state index in [1.165, 1.54) is 0 Å². The van der Waals surface area contributed by atoms with Gasteiger partial charge in [0.1, 0.15) is 17.9 Å². The zero-order valence-electron chi connectivity index (χ0n) is 12.0. The summed E-state index contributed by atoms with van der Waals surface area (Å²) in [6.45, 7) is 1.69. The highest BCUT2D eigenvalue weighted by Crippen LogP contribution is 2.26. The molecule has 2 N–H and O–H groups in total. The van der Waals surface area contributed by atoms with E-state index in [4.69, 9.17) is 10.2 Å². The lowest BCUT2D eigenvalue weighted by atomic mass is 9.97. The van der Waals surface area contributed by atoms with Crippen LogP contribution in [0.1, 0.15) is 40.9 Å². The second-order valence-electron chi connectivity index (χ2n) is 5.36. The maximum atomic E-state index is 12.5. The second-order valence-corrected chi connectivity index (χ2v) is 5.36. The fraction of sp³-hybridized carbons (Fsp3) is 0.500. The lowest BCUT2D eigenvalue weighted by Crippen LogP contribution is -2.39. The van der Waals surface area contributed by atoms with Gasteiger partial charge in [0.25, 0.3) is 5.91 Å². The van der Waals surface area contributed by atoms with Gasteiger partial charge in [-0.2, -0.15) is 0 Å². The van der Waals surface area contributed by atoms with Crippen molar-refractivity contribution in [2.45, 2.75) is 25.3 Å². The van der Waals surface area contributed by atoms with Crippen molar-refractivity contribution in [1.82, 2.24) is 19.7 Å². The Balaban J connectivity index is 1.73. The van der Waals surface area contributed by atoms with Crippen molar-refractivity contribution < 1.29 is 9.21 Å². The van der Waals surface area contributed by atoms with Gasteiger partial charge >= 0.3 is 0 Å². The number of likely N-dealkylation sites (tertiary alicyclic amines) is 1. The molecule has 0 saturated carbocycles. The zero-order valence-corrected chi connectivity index (χ0v) is 12.0. The lowest BCUT2D eigenvalue weighted by Gasteiger charge is -2.31. The quantitative estimate of drug-likeness (QED) is 0.906. The van der Waals surface area contributed by atoms with Crippen LogP contribution in [0.2, 0.25) is 0 Å². The normalized spacial score (nSPS) is 19.0. The minimum Gasteiger partial charge on any atom is -0.455 e. The van der Waals surface area contributed by atoms with Gasteiger partial charge in [-0.1, -0.05) is 0 Å². The van der Waals surface area contributed by atoms with E-state index >= 15 is 0 Å². The summed E-state index contributed by atoms with van der Waals surface area (Å²) in [5, 5.41) is 8.07. The highest BCUT2D eigenvalue weighted by Gasteiger charge is 2.29. The smallest absolute Gasteiger partial charge is 0.289 e. The summed E-state index contributed by atoms with van der Waals surface area (Å²) in [7, 11) is 1.93. The summed E-state index contributed by atoms with van der Waals surface area (Å²) in [4.78, 5) is 14.3. The van der Waals surface area contributed by atoms with Crippen molar-refractivity contribution >= 4 is 5.91 Å². The van der Waals surface area contributed by atoms with Gasteiger partial charge in [0.05, 0.1) is 6.54 Å². The number of aryl methyl sites for hydroxylation is 1. The molecule has 7 nitrogen and oxygen atoms in total. The average Bonchev–Trinajstić information content (AvgIpc) is 3.15. The van der Waals surface area contributed by atoms with Crippen LogP contribution in [0.25, 0.3) is 0 Å². The third-order valence-corrected chi connectivity index (χ3v) is 3.89. The molecule has 0 radical (unpaired) electrons. The van der Waals surface area contributed by atoms with E-state index in [9.17, 15) is 4.79 Å². The van der Waals surface area contributed by atoms with E-state index in [0.29, 0.717) is 24.6 Å². The Morgan fingerprint density at radius 2 is 2.38 bits per heavy atom. The van der Waals surface area contributed by atoms with Crippen LogP contribution >= 0.6 is 0 Å². The molecule has 21 heavy (non-hydrogen) atoms. The van der Waals surface area contributed by atoms with Gasteiger partial charge in [-0.3, -0.25) is 4.79 Å². The number of carbonyl (C=O) groups excluding carboxylic acids is 1. The minimum atomic E-state index is -0.0819. The molecule has 1 atom stereocenters. The van der Waals surface area contributed by atoms with Crippen molar-refractivity contribution in [2.75, 3.05) is 13.1 Å². The second kappa shape index (κ2) is 5.69. The molecule has 0 aliphatic carbocycles. The number of piperidine rings is 1. The number of nitrogens with two attached hydrogens (primary N) is 1. The number of hydrogen-bond acceptors (Lipinski definition) is 5. The van der Waals surface area contributed by atoms with Gasteiger partial charge in [-0.25, -0.2) is 0 Å². The molecule has 1 unspecified atom stereocenters. The monoisotopic (exact) mass is 289 g/mol. The Hall–Kier alpha value is -2.15. The van der Waals surface area contributed by atoms with Crippen LogP contribution in [0, 0.1) is 0 Å². The predicted molar refractivity (Wildman–Crippen MR) is 75.5 cm³/mol. The maximum absolute atomic E-state index is 12.5. The predicted octanol–water partition coefficient (Wildman–Crippen LogP) is 0.887. The fourth-order valence-electron chi connectivity index (χ4n) is 2.79. The number of rotatable bonds is 3. The number of nitrogens with zero attached hydrogens (tertiary/aromatic N) is 4. The molecule has 112 valence electrons. The lowest BCUT2D eigenvalue weighted by molar-refractivity contribution is 0.0669. The number of carbonyl (C=O) groups is 1. The van der Waals surface area contributed by atoms with Crippen LogP contribution in [0.5, 0.6) is 0 Å². The van der Waals surface area contributed by atoms with Gasteiger partial charge < -0.3 is 19.6 Å².